The van der Waals surface area contributed by atoms with Gasteiger partial charge in [0.05, 0.1) is 0 Å². The molecule has 3 heteroatoms. The summed E-state index contributed by atoms with van der Waals surface area (Å²) in [4.78, 5) is 0. The second-order valence-electron chi connectivity index (χ2n) is 4.02. The molecule has 0 amide bonds. The lowest BCUT2D eigenvalue weighted by molar-refractivity contribution is -0.416. The van der Waals surface area contributed by atoms with Gasteiger partial charge in [0.15, 0.2) is 6.21 Å². The zero-order valence-corrected chi connectivity index (χ0v) is 10.2. The molecule has 0 bridgehead atoms. The average Bonchev–Trinajstić information content (AvgIpc) is 2.38. The molecule has 0 unspecified atom stereocenters. The lowest BCUT2D eigenvalue weighted by Crippen LogP contribution is -1.98. The van der Waals surface area contributed by atoms with E-state index in [0.717, 1.165) is 21.6 Å². The molecule has 0 N–H and O–H groups in total. The van der Waals surface area contributed by atoms with Gasteiger partial charge in [-0.1, -0.05) is 30.3 Å². The van der Waals surface area contributed by atoms with Gasteiger partial charge in [-0.15, -0.1) is 0 Å². The van der Waals surface area contributed by atoms with Crippen molar-refractivity contribution in [3.8, 4) is 5.75 Å². The van der Waals surface area contributed by atoms with Crippen molar-refractivity contribution in [2.75, 3.05) is 7.05 Å². The fourth-order valence-corrected chi connectivity index (χ4v) is 1.60. The Bertz CT molecular complexity index is 514. The fraction of sp³-hybridized carbons (Fsp3) is 0.133. The summed E-state index contributed by atoms with van der Waals surface area (Å²) in [5.74, 6) is 0.796. The molecule has 0 aliphatic heterocycles. The van der Waals surface area contributed by atoms with Crippen LogP contribution in [-0.4, -0.2) is 18.0 Å². The zero-order chi connectivity index (χ0) is 12.8. The molecule has 18 heavy (non-hydrogen) atoms. The van der Waals surface area contributed by atoms with Crippen LogP contribution in [0.3, 0.4) is 0 Å². The summed E-state index contributed by atoms with van der Waals surface area (Å²) in [6.45, 7) is 0.547. The summed E-state index contributed by atoms with van der Waals surface area (Å²) in [6, 6.07) is 17.4. The highest BCUT2D eigenvalue weighted by atomic mass is 16.5. The highest BCUT2D eigenvalue weighted by Gasteiger charge is 1.97. The SMILES string of the molecule is C/[N+]([O-])=C/c1ccc(OCc2ccccc2)cc1. The Morgan fingerprint density at radius 3 is 2.33 bits per heavy atom. The highest BCUT2D eigenvalue weighted by Crippen LogP contribution is 2.13. The molecule has 0 aliphatic carbocycles. The van der Waals surface area contributed by atoms with Crippen LogP contribution >= 0.6 is 0 Å². The second-order valence-corrected chi connectivity index (χ2v) is 4.02. The summed E-state index contributed by atoms with van der Waals surface area (Å²) in [5.41, 5.74) is 1.99. The molecule has 0 heterocycles. The van der Waals surface area contributed by atoms with Crippen LogP contribution in [0.25, 0.3) is 0 Å². The van der Waals surface area contributed by atoms with Crippen LogP contribution in [0.2, 0.25) is 0 Å². The third-order valence-electron chi connectivity index (χ3n) is 2.46. The Kier molecular flexibility index (Phi) is 3.97. The van der Waals surface area contributed by atoms with Crippen molar-refractivity contribution in [1.29, 1.82) is 0 Å². The van der Waals surface area contributed by atoms with Crippen LogP contribution in [0.5, 0.6) is 5.75 Å². The van der Waals surface area contributed by atoms with Crippen LogP contribution in [-0.2, 0) is 6.61 Å². The van der Waals surface area contributed by atoms with Gasteiger partial charge in [-0.2, -0.15) is 0 Å². The summed E-state index contributed by atoms with van der Waals surface area (Å²) in [7, 11) is 1.46. The first-order valence-corrected chi connectivity index (χ1v) is 5.76. The van der Waals surface area contributed by atoms with Gasteiger partial charge in [0.2, 0.25) is 0 Å². The first-order valence-electron chi connectivity index (χ1n) is 5.76. The zero-order valence-electron chi connectivity index (χ0n) is 10.2. The fourth-order valence-electron chi connectivity index (χ4n) is 1.60. The lowest BCUT2D eigenvalue weighted by Gasteiger charge is -2.06. The molecule has 0 aromatic heterocycles. The Hall–Kier alpha value is -2.29. The van der Waals surface area contributed by atoms with Crippen molar-refractivity contribution in [2.24, 2.45) is 0 Å². The van der Waals surface area contributed by atoms with Gasteiger partial charge < -0.3 is 9.94 Å². The van der Waals surface area contributed by atoms with Crippen molar-refractivity contribution in [1.82, 2.24) is 0 Å². The minimum Gasteiger partial charge on any atom is -0.624 e. The van der Waals surface area contributed by atoms with Gasteiger partial charge in [-0.05, 0) is 29.8 Å². The number of hydrogen-bond acceptors (Lipinski definition) is 2. The molecular formula is C15H15NO2. The van der Waals surface area contributed by atoms with Crippen molar-refractivity contribution in [3.05, 3.63) is 70.9 Å². The third-order valence-corrected chi connectivity index (χ3v) is 2.46. The molecule has 2 aromatic carbocycles. The van der Waals surface area contributed by atoms with Gasteiger partial charge in [-0.3, -0.25) is 0 Å². The summed E-state index contributed by atoms with van der Waals surface area (Å²) in [5, 5.41) is 10.8. The number of hydrogen-bond donors (Lipinski definition) is 0. The van der Waals surface area contributed by atoms with Crippen LogP contribution in [0.1, 0.15) is 11.1 Å². The van der Waals surface area contributed by atoms with Crippen molar-refractivity contribution >= 4 is 6.21 Å². The Balaban J connectivity index is 1.97. The largest absolute Gasteiger partial charge is 0.624 e. The molecular weight excluding hydrogens is 226 g/mol. The molecule has 3 nitrogen and oxygen atoms in total. The van der Waals surface area contributed by atoms with E-state index >= 15 is 0 Å². The van der Waals surface area contributed by atoms with E-state index in [1.54, 1.807) is 0 Å². The van der Waals surface area contributed by atoms with E-state index in [2.05, 4.69) is 0 Å². The standard InChI is InChI=1S/C15H15NO2/c1-16(17)11-13-7-9-15(10-8-13)18-12-14-5-3-2-4-6-14/h2-11H,12H2,1H3/b16-11-. The summed E-state index contributed by atoms with van der Waals surface area (Å²) < 4.78 is 6.42. The normalized spacial score (nSPS) is 11.3. The maximum Gasteiger partial charge on any atom is 0.181 e. The van der Waals surface area contributed by atoms with E-state index < -0.39 is 0 Å². The van der Waals surface area contributed by atoms with Crippen LogP contribution < -0.4 is 4.74 Å². The van der Waals surface area contributed by atoms with Gasteiger partial charge in [-0.25, -0.2) is 4.74 Å². The van der Waals surface area contributed by atoms with Crippen molar-refractivity contribution in [2.45, 2.75) is 6.61 Å². The number of hydroxylamine groups is 1. The first kappa shape index (κ1) is 12.2. The molecule has 0 atom stereocenters. The molecule has 92 valence electrons. The van der Waals surface area contributed by atoms with Gasteiger partial charge in [0.25, 0.3) is 0 Å². The molecule has 0 saturated carbocycles. The molecule has 0 saturated heterocycles. The quantitative estimate of drug-likeness (QED) is 0.357. The predicted molar refractivity (Wildman–Crippen MR) is 71.9 cm³/mol. The van der Waals surface area contributed by atoms with E-state index in [9.17, 15) is 5.21 Å². The molecule has 0 fully saturated rings. The summed E-state index contributed by atoms with van der Waals surface area (Å²) in [6.07, 6.45) is 1.51. The Morgan fingerprint density at radius 1 is 1.06 bits per heavy atom. The Morgan fingerprint density at radius 2 is 1.72 bits per heavy atom. The average molecular weight is 241 g/mol. The van der Waals surface area contributed by atoms with Crippen molar-refractivity contribution in [3.63, 3.8) is 0 Å². The molecule has 2 aromatic rings. The maximum atomic E-state index is 10.8. The summed E-state index contributed by atoms with van der Waals surface area (Å²) >= 11 is 0. The van der Waals surface area contributed by atoms with E-state index in [1.807, 2.05) is 54.6 Å². The number of rotatable bonds is 4. The van der Waals surface area contributed by atoms with Crippen LogP contribution in [0.15, 0.2) is 54.6 Å². The topological polar surface area (TPSA) is 35.3 Å². The van der Waals surface area contributed by atoms with Crippen LogP contribution in [0, 0.1) is 5.21 Å². The van der Waals surface area contributed by atoms with E-state index in [0.29, 0.717) is 6.61 Å². The van der Waals surface area contributed by atoms with Crippen LogP contribution in [0.4, 0.5) is 0 Å². The second kappa shape index (κ2) is 5.87. The highest BCUT2D eigenvalue weighted by molar-refractivity contribution is 5.75. The Labute approximate surface area is 107 Å². The number of nitrogens with zero attached hydrogens (tertiary/aromatic N) is 1. The first-order chi connectivity index (χ1) is 8.74. The molecule has 0 radical (unpaired) electrons. The van der Waals surface area contributed by atoms with E-state index in [4.69, 9.17) is 4.74 Å². The number of ether oxygens (including phenoxy) is 1. The van der Waals surface area contributed by atoms with Gasteiger partial charge in [0.1, 0.15) is 19.4 Å². The number of benzene rings is 2. The third kappa shape index (κ3) is 3.63. The monoisotopic (exact) mass is 241 g/mol. The van der Waals surface area contributed by atoms with E-state index in [1.165, 1.54) is 13.3 Å². The smallest absolute Gasteiger partial charge is 0.181 e. The minimum absolute atomic E-state index is 0.547. The van der Waals surface area contributed by atoms with Crippen molar-refractivity contribution < 1.29 is 9.48 Å². The molecule has 0 aliphatic rings. The maximum absolute atomic E-state index is 10.8. The molecule has 2 rings (SSSR count). The van der Waals surface area contributed by atoms with Gasteiger partial charge >= 0.3 is 0 Å². The van der Waals surface area contributed by atoms with Gasteiger partial charge in [0, 0.05) is 5.56 Å². The molecule has 0 spiro atoms. The lowest BCUT2D eigenvalue weighted by atomic mass is 10.2. The van der Waals surface area contributed by atoms with E-state index in [-0.39, 0.29) is 0 Å². The minimum atomic E-state index is 0.547. The predicted octanol–water partition coefficient (Wildman–Crippen LogP) is 2.82.